The third kappa shape index (κ3) is 6.05. The Morgan fingerprint density at radius 3 is 2.84 bits per heavy atom. The monoisotopic (exact) mass is 360 g/mol. The number of para-hydroxylation sites is 1. The molecular weight excluding hydrogens is 332 g/mol. The summed E-state index contributed by atoms with van der Waals surface area (Å²) in [5.74, 6) is 1.83. The van der Waals surface area contributed by atoms with E-state index in [9.17, 15) is 0 Å². The molecule has 1 N–H and O–H groups in total. The molecule has 5 nitrogen and oxygen atoms in total. The van der Waals surface area contributed by atoms with E-state index in [2.05, 4.69) is 40.6 Å². The van der Waals surface area contributed by atoms with Crippen LogP contribution in [-0.4, -0.2) is 43.1 Å². The second-order valence-corrected chi connectivity index (χ2v) is 6.83. The number of guanidine groups is 1. The molecule has 25 heavy (non-hydrogen) atoms. The normalized spacial score (nSPS) is 11.4. The fourth-order valence-corrected chi connectivity index (χ4v) is 3.38. The zero-order valence-corrected chi connectivity index (χ0v) is 16.4. The Balaban J connectivity index is 1.93. The SMILES string of the molecule is CCNC(=NCCCc1nc(C)cs1)N(C)Cc1ccccc1OC. The molecule has 0 fully saturated rings. The Kier molecular flexibility index (Phi) is 7.73. The van der Waals surface area contributed by atoms with Crippen LogP contribution in [0, 0.1) is 6.92 Å². The number of ether oxygens (including phenoxy) is 1. The van der Waals surface area contributed by atoms with Gasteiger partial charge in [-0.3, -0.25) is 4.99 Å². The number of thiazole rings is 1. The first kappa shape index (κ1) is 19.2. The first-order valence-corrected chi connectivity index (χ1v) is 9.54. The van der Waals surface area contributed by atoms with Crippen LogP contribution < -0.4 is 10.1 Å². The van der Waals surface area contributed by atoms with Crippen molar-refractivity contribution in [2.24, 2.45) is 4.99 Å². The molecule has 136 valence electrons. The Hall–Kier alpha value is -2.08. The summed E-state index contributed by atoms with van der Waals surface area (Å²) in [6.45, 7) is 6.51. The number of nitrogens with one attached hydrogen (secondary N) is 1. The maximum absolute atomic E-state index is 5.44. The van der Waals surface area contributed by atoms with Crippen LogP contribution in [0.2, 0.25) is 0 Å². The van der Waals surface area contributed by atoms with Gasteiger partial charge in [-0.15, -0.1) is 11.3 Å². The van der Waals surface area contributed by atoms with Gasteiger partial charge in [0.05, 0.1) is 12.1 Å². The summed E-state index contributed by atoms with van der Waals surface area (Å²) in [7, 11) is 3.76. The van der Waals surface area contributed by atoms with Crippen LogP contribution in [0.1, 0.15) is 29.6 Å². The van der Waals surface area contributed by atoms with Crippen molar-refractivity contribution in [2.45, 2.75) is 33.2 Å². The fraction of sp³-hybridized carbons (Fsp3) is 0.474. The van der Waals surface area contributed by atoms with Crippen LogP contribution in [0.5, 0.6) is 5.75 Å². The lowest BCUT2D eigenvalue weighted by atomic mass is 10.2. The molecule has 0 spiro atoms. The molecule has 1 aromatic carbocycles. The van der Waals surface area contributed by atoms with E-state index in [1.807, 2.05) is 25.1 Å². The largest absolute Gasteiger partial charge is 0.496 e. The zero-order valence-electron chi connectivity index (χ0n) is 15.6. The van der Waals surface area contributed by atoms with Gasteiger partial charge in [0.25, 0.3) is 0 Å². The number of methoxy groups -OCH3 is 1. The van der Waals surface area contributed by atoms with Crippen LogP contribution in [0.15, 0.2) is 34.6 Å². The summed E-state index contributed by atoms with van der Waals surface area (Å²) < 4.78 is 5.44. The van der Waals surface area contributed by atoms with E-state index in [4.69, 9.17) is 9.73 Å². The lowest BCUT2D eigenvalue weighted by molar-refractivity contribution is 0.396. The van der Waals surface area contributed by atoms with Gasteiger partial charge in [0, 0.05) is 49.7 Å². The number of rotatable bonds is 8. The van der Waals surface area contributed by atoms with Crippen molar-refractivity contribution < 1.29 is 4.74 Å². The second kappa shape index (κ2) is 10.0. The standard InChI is InChI=1S/C19H28N4OS/c1-5-20-19(21-12-8-11-18-22-15(2)14-25-18)23(3)13-16-9-6-7-10-17(16)24-4/h6-7,9-10,14H,5,8,11-13H2,1-4H3,(H,20,21). The molecule has 6 heteroatoms. The fourth-order valence-electron chi connectivity index (χ4n) is 2.57. The number of nitrogens with zero attached hydrogens (tertiary/aromatic N) is 3. The third-order valence-electron chi connectivity index (χ3n) is 3.77. The Morgan fingerprint density at radius 2 is 2.16 bits per heavy atom. The summed E-state index contributed by atoms with van der Waals surface area (Å²) in [6.07, 6.45) is 1.99. The molecule has 0 radical (unpaired) electrons. The average molecular weight is 361 g/mol. The number of hydrogen-bond donors (Lipinski definition) is 1. The van der Waals surface area contributed by atoms with Crippen LogP contribution in [0.4, 0.5) is 0 Å². The molecule has 0 atom stereocenters. The van der Waals surface area contributed by atoms with E-state index in [0.717, 1.165) is 55.4 Å². The highest BCUT2D eigenvalue weighted by Crippen LogP contribution is 2.18. The highest BCUT2D eigenvalue weighted by atomic mass is 32.1. The third-order valence-corrected chi connectivity index (χ3v) is 4.80. The van der Waals surface area contributed by atoms with E-state index < -0.39 is 0 Å². The lowest BCUT2D eigenvalue weighted by Crippen LogP contribution is -2.38. The van der Waals surface area contributed by atoms with Crippen molar-refractivity contribution in [3.05, 3.63) is 45.9 Å². The van der Waals surface area contributed by atoms with Gasteiger partial charge in [-0.25, -0.2) is 4.98 Å². The molecule has 0 amide bonds. The topological polar surface area (TPSA) is 49.8 Å². The predicted octanol–water partition coefficient (Wildman–Crippen LogP) is 3.49. The van der Waals surface area contributed by atoms with E-state index in [1.165, 1.54) is 5.01 Å². The number of aromatic nitrogens is 1. The second-order valence-electron chi connectivity index (χ2n) is 5.89. The van der Waals surface area contributed by atoms with Crippen LogP contribution in [0.25, 0.3) is 0 Å². The van der Waals surface area contributed by atoms with Crippen LogP contribution in [-0.2, 0) is 13.0 Å². The minimum atomic E-state index is 0.752. The van der Waals surface area contributed by atoms with E-state index in [1.54, 1.807) is 18.4 Å². The molecule has 0 saturated heterocycles. The molecule has 0 aliphatic rings. The van der Waals surface area contributed by atoms with Gasteiger partial charge in [0.1, 0.15) is 5.75 Å². The van der Waals surface area contributed by atoms with Crippen molar-refractivity contribution >= 4 is 17.3 Å². The minimum absolute atomic E-state index is 0.752. The van der Waals surface area contributed by atoms with E-state index >= 15 is 0 Å². The van der Waals surface area contributed by atoms with Crippen molar-refractivity contribution in [1.29, 1.82) is 0 Å². The first-order valence-electron chi connectivity index (χ1n) is 8.66. The molecule has 1 heterocycles. The van der Waals surface area contributed by atoms with E-state index in [0.29, 0.717) is 0 Å². The van der Waals surface area contributed by atoms with Gasteiger partial charge in [-0.05, 0) is 26.3 Å². The smallest absolute Gasteiger partial charge is 0.193 e. The highest BCUT2D eigenvalue weighted by molar-refractivity contribution is 7.09. The maximum atomic E-state index is 5.44. The Morgan fingerprint density at radius 1 is 1.36 bits per heavy atom. The van der Waals surface area contributed by atoms with Crippen molar-refractivity contribution in [3.8, 4) is 5.75 Å². The average Bonchev–Trinajstić information content (AvgIpc) is 3.03. The minimum Gasteiger partial charge on any atom is -0.496 e. The summed E-state index contributed by atoms with van der Waals surface area (Å²) >= 11 is 1.73. The quantitative estimate of drug-likeness (QED) is 0.445. The summed E-state index contributed by atoms with van der Waals surface area (Å²) in [5.41, 5.74) is 2.25. The number of aryl methyl sites for hydroxylation is 2. The summed E-state index contributed by atoms with van der Waals surface area (Å²) in [4.78, 5) is 11.4. The van der Waals surface area contributed by atoms with Crippen LogP contribution in [0.3, 0.4) is 0 Å². The number of aliphatic imine (C=N–C) groups is 1. The molecule has 2 aromatic rings. The van der Waals surface area contributed by atoms with Crippen molar-refractivity contribution in [2.75, 3.05) is 27.2 Å². The molecular formula is C19H28N4OS. The summed E-state index contributed by atoms with van der Waals surface area (Å²) in [6, 6.07) is 8.10. The van der Waals surface area contributed by atoms with Crippen LogP contribution >= 0.6 is 11.3 Å². The Bertz CT molecular complexity index is 684. The lowest BCUT2D eigenvalue weighted by Gasteiger charge is -2.23. The van der Waals surface area contributed by atoms with Gasteiger partial charge >= 0.3 is 0 Å². The van der Waals surface area contributed by atoms with Crippen molar-refractivity contribution in [1.82, 2.24) is 15.2 Å². The number of benzene rings is 1. The van der Waals surface area contributed by atoms with Gasteiger partial charge in [-0.1, -0.05) is 18.2 Å². The molecule has 1 aromatic heterocycles. The van der Waals surface area contributed by atoms with Gasteiger partial charge in [0.2, 0.25) is 0 Å². The molecule has 0 aliphatic carbocycles. The molecule has 0 saturated carbocycles. The van der Waals surface area contributed by atoms with Crippen molar-refractivity contribution in [3.63, 3.8) is 0 Å². The number of hydrogen-bond acceptors (Lipinski definition) is 4. The van der Waals surface area contributed by atoms with Gasteiger partial charge in [0.15, 0.2) is 5.96 Å². The first-order chi connectivity index (χ1) is 12.1. The molecule has 0 bridgehead atoms. The maximum Gasteiger partial charge on any atom is 0.193 e. The van der Waals surface area contributed by atoms with Gasteiger partial charge < -0.3 is 15.0 Å². The van der Waals surface area contributed by atoms with Gasteiger partial charge in [-0.2, -0.15) is 0 Å². The zero-order chi connectivity index (χ0) is 18.1. The molecule has 0 aliphatic heterocycles. The predicted molar refractivity (Wildman–Crippen MR) is 106 cm³/mol. The molecule has 0 unspecified atom stereocenters. The Labute approximate surface area is 154 Å². The molecule has 2 rings (SSSR count). The highest BCUT2D eigenvalue weighted by Gasteiger charge is 2.09. The van der Waals surface area contributed by atoms with E-state index in [-0.39, 0.29) is 0 Å². The summed E-state index contributed by atoms with van der Waals surface area (Å²) in [5, 5.41) is 6.66.